The lowest BCUT2D eigenvalue weighted by molar-refractivity contribution is -0.143. The normalized spacial score (nSPS) is 14.2. The van der Waals surface area contributed by atoms with Gasteiger partial charge in [-0.05, 0) is 41.8 Å². The molecule has 0 unspecified atom stereocenters. The van der Waals surface area contributed by atoms with E-state index in [1.807, 2.05) is 0 Å². The van der Waals surface area contributed by atoms with Gasteiger partial charge in [0.15, 0.2) is 23.9 Å². The van der Waals surface area contributed by atoms with Crippen LogP contribution in [0.25, 0.3) is 6.08 Å². The first-order chi connectivity index (χ1) is 16.7. The van der Waals surface area contributed by atoms with Crippen LogP contribution >= 0.6 is 0 Å². The summed E-state index contributed by atoms with van der Waals surface area (Å²) in [5, 5.41) is 11.6. The Labute approximate surface area is 202 Å². The Balaban J connectivity index is 1.74. The molecule has 3 rings (SSSR count). The average Bonchev–Trinajstić information content (AvgIpc) is 3.14. The van der Waals surface area contributed by atoms with Crippen LogP contribution in [0.3, 0.4) is 0 Å². The lowest BCUT2D eigenvalue weighted by atomic mass is 10.1. The second-order valence-corrected chi connectivity index (χ2v) is 7.97. The molecular formula is C25H27NO9. The summed E-state index contributed by atoms with van der Waals surface area (Å²) >= 11 is 0. The van der Waals surface area contributed by atoms with E-state index in [0.29, 0.717) is 28.4 Å². The molecule has 0 radical (unpaired) electrons. The number of methoxy groups -OCH3 is 3. The van der Waals surface area contributed by atoms with Gasteiger partial charge in [-0.3, -0.25) is 9.59 Å². The molecule has 1 atom stereocenters. The van der Waals surface area contributed by atoms with Gasteiger partial charge in [-0.15, -0.1) is 0 Å². The minimum atomic E-state index is -1.12. The number of hydrogen-bond acceptors (Lipinski definition) is 8. The van der Waals surface area contributed by atoms with Crippen LogP contribution in [0.15, 0.2) is 36.1 Å². The van der Waals surface area contributed by atoms with Gasteiger partial charge in [0.05, 0.1) is 26.9 Å². The molecule has 2 N–H and O–H groups in total. The average molecular weight is 485 g/mol. The van der Waals surface area contributed by atoms with Crippen molar-refractivity contribution in [3.05, 3.63) is 47.2 Å². The van der Waals surface area contributed by atoms with Gasteiger partial charge in [-0.25, -0.2) is 4.79 Å². The summed E-state index contributed by atoms with van der Waals surface area (Å²) < 4.78 is 27.2. The van der Waals surface area contributed by atoms with Crippen LogP contribution in [0, 0.1) is 5.92 Å². The van der Waals surface area contributed by atoms with Crippen molar-refractivity contribution in [1.82, 2.24) is 5.32 Å². The highest BCUT2D eigenvalue weighted by Gasteiger charge is 2.28. The van der Waals surface area contributed by atoms with E-state index in [2.05, 4.69) is 5.32 Å². The molecule has 0 aliphatic carbocycles. The topological polar surface area (TPSA) is 130 Å². The quantitative estimate of drug-likeness (QED) is 0.488. The molecule has 0 saturated heterocycles. The number of ketones is 1. The molecular weight excluding hydrogens is 458 g/mol. The van der Waals surface area contributed by atoms with Crippen LogP contribution in [0.1, 0.15) is 29.8 Å². The number of hydrogen-bond donors (Lipinski definition) is 2. The zero-order valence-corrected chi connectivity index (χ0v) is 20.0. The second kappa shape index (κ2) is 10.8. The largest absolute Gasteiger partial charge is 0.493 e. The van der Waals surface area contributed by atoms with Crippen molar-refractivity contribution in [3.8, 4) is 28.7 Å². The molecule has 0 bridgehead atoms. The molecule has 0 spiro atoms. The Bertz CT molecular complexity index is 1140. The molecule has 0 fully saturated rings. The van der Waals surface area contributed by atoms with Crippen LogP contribution in [-0.2, 0) is 9.59 Å². The Hall–Kier alpha value is -4.21. The number of carboxylic acids is 1. The number of Topliss-reactive ketones (excluding diaryl/α,β-unsaturated/α-hetero) is 1. The lowest BCUT2D eigenvalue weighted by Crippen LogP contribution is -2.46. The van der Waals surface area contributed by atoms with E-state index in [9.17, 15) is 19.5 Å². The number of allylic oxidation sites excluding steroid dienone is 1. The minimum absolute atomic E-state index is 0.0883. The third-order valence-corrected chi connectivity index (χ3v) is 5.25. The monoisotopic (exact) mass is 485 g/mol. The highest BCUT2D eigenvalue weighted by molar-refractivity contribution is 6.14. The van der Waals surface area contributed by atoms with Crippen LogP contribution in [-0.4, -0.2) is 56.7 Å². The van der Waals surface area contributed by atoms with Crippen LogP contribution < -0.4 is 29.0 Å². The van der Waals surface area contributed by atoms with Crippen molar-refractivity contribution >= 4 is 23.7 Å². The van der Waals surface area contributed by atoms with Crippen LogP contribution in [0.2, 0.25) is 0 Å². The fraction of sp³-hybridized carbons (Fsp3) is 0.320. The van der Waals surface area contributed by atoms with E-state index in [-0.39, 0.29) is 29.0 Å². The number of carbonyl (C=O) groups is 3. The Morgan fingerprint density at radius 3 is 2.26 bits per heavy atom. The van der Waals surface area contributed by atoms with E-state index < -0.39 is 24.5 Å². The highest BCUT2D eigenvalue weighted by Crippen LogP contribution is 2.40. The molecule has 0 saturated carbocycles. The number of carbonyl (C=O) groups excluding carboxylic acids is 2. The summed E-state index contributed by atoms with van der Waals surface area (Å²) in [7, 11) is 4.48. The predicted octanol–water partition coefficient (Wildman–Crippen LogP) is 2.93. The van der Waals surface area contributed by atoms with Crippen molar-refractivity contribution in [2.45, 2.75) is 19.9 Å². The molecule has 1 aliphatic heterocycles. The number of fused-ring (bicyclic) bond motifs is 1. The van der Waals surface area contributed by atoms with Gasteiger partial charge >= 0.3 is 5.97 Å². The van der Waals surface area contributed by atoms with E-state index in [4.69, 9.17) is 23.7 Å². The number of ether oxygens (including phenoxy) is 5. The van der Waals surface area contributed by atoms with Gasteiger partial charge in [-0.1, -0.05) is 13.8 Å². The maximum Gasteiger partial charge on any atom is 0.326 e. The summed E-state index contributed by atoms with van der Waals surface area (Å²) in [5.41, 5.74) is 0.938. The fourth-order valence-corrected chi connectivity index (χ4v) is 3.47. The number of benzene rings is 2. The molecule has 10 nitrogen and oxygen atoms in total. The van der Waals surface area contributed by atoms with Crippen LogP contribution in [0.5, 0.6) is 28.7 Å². The summed E-state index contributed by atoms with van der Waals surface area (Å²) in [5.74, 6) is -0.369. The zero-order valence-electron chi connectivity index (χ0n) is 20.0. The molecule has 1 amide bonds. The standard InChI is InChI=1S/C25H27NO9/c1-13(2)22(25(29)30)26-21(27)12-34-15-6-7-16-17(11-15)35-18(23(16)28)8-14-9-19(31-3)24(33-5)20(10-14)32-4/h6-11,13,22H,12H2,1-5H3,(H,26,27)(H,29,30)/b18-8-/t22-/m1/s1. The Kier molecular flexibility index (Phi) is 7.85. The molecule has 1 heterocycles. The summed E-state index contributed by atoms with van der Waals surface area (Å²) in [6.45, 7) is 2.99. The van der Waals surface area contributed by atoms with Gasteiger partial charge in [0.2, 0.25) is 11.5 Å². The van der Waals surface area contributed by atoms with E-state index in [1.165, 1.54) is 39.5 Å². The molecule has 35 heavy (non-hydrogen) atoms. The molecule has 10 heteroatoms. The fourth-order valence-electron chi connectivity index (χ4n) is 3.47. The van der Waals surface area contributed by atoms with Crippen molar-refractivity contribution in [1.29, 1.82) is 0 Å². The summed E-state index contributed by atoms with van der Waals surface area (Å²) in [6, 6.07) is 6.91. The summed E-state index contributed by atoms with van der Waals surface area (Å²) in [4.78, 5) is 36.2. The predicted molar refractivity (Wildman–Crippen MR) is 125 cm³/mol. The van der Waals surface area contributed by atoms with Crippen molar-refractivity contribution in [3.63, 3.8) is 0 Å². The first-order valence-corrected chi connectivity index (χ1v) is 10.7. The van der Waals surface area contributed by atoms with Gasteiger partial charge < -0.3 is 34.1 Å². The second-order valence-electron chi connectivity index (χ2n) is 7.97. The molecule has 186 valence electrons. The number of aliphatic carboxylic acids is 1. The smallest absolute Gasteiger partial charge is 0.326 e. The Morgan fingerprint density at radius 2 is 1.71 bits per heavy atom. The first-order valence-electron chi connectivity index (χ1n) is 10.7. The molecule has 1 aliphatic rings. The first kappa shape index (κ1) is 25.4. The van der Waals surface area contributed by atoms with Crippen LogP contribution in [0.4, 0.5) is 0 Å². The third-order valence-electron chi connectivity index (χ3n) is 5.25. The van der Waals surface area contributed by atoms with E-state index >= 15 is 0 Å². The van der Waals surface area contributed by atoms with Crippen molar-refractivity contribution < 1.29 is 43.2 Å². The number of carboxylic acid groups (broad SMARTS) is 1. The lowest BCUT2D eigenvalue weighted by Gasteiger charge is -2.18. The van der Waals surface area contributed by atoms with E-state index in [1.54, 1.807) is 32.1 Å². The number of amides is 1. The van der Waals surface area contributed by atoms with Gasteiger partial charge in [0.25, 0.3) is 5.91 Å². The minimum Gasteiger partial charge on any atom is -0.493 e. The summed E-state index contributed by atoms with van der Waals surface area (Å²) in [6.07, 6.45) is 1.55. The van der Waals surface area contributed by atoms with Gasteiger partial charge in [0, 0.05) is 6.07 Å². The molecule has 0 aromatic heterocycles. The molecule has 2 aromatic rings. The van der Waals surface area contributed by atoms with Gasteiger partial charge in [-0.2, -0.15) is 0 Å². The maximum absolute atomic E-state index is 12.8. The SMILES string of the molecule is COc1cc(/C=C2\Oc3cc(OCC(=O)N[C@@H](C(=O)O)C(C)C)ccc3C2=O)cc(OC)c1OC. The molecule has 2 aromatic carbocycles. The van der Waals surface area contributed by atoms with Crippen molar-refractivity contribution in [2.75, 3.05) is 27.9 Å². The van der Waals surface area contributed by atoms with Gasteiger partial charge in [0.1, 0.15) is 17.5 Å². The Morgan fingerprint density at radius 1 is 1.06 bits per heavy atom. The van der Waals surface area contributed by atoms with E-state index in [0.717, 1.165) is 0 Å². The highest BCUT2D eigenvalue weighted by atomic mass is 16.5. The van der Waals surface area contributed by atoms with Crippen molar-refractivity contribution in [2.24, 2.45) is 5.92 Å². The third kappa shape index (κ3) is 5.65. The zero-order chi connectivity index (χ0) is 25.7. The number of rotatable bonds is 10. The maximum atomic E-state index is 12.8. The number of nitrogens with one attached hydrogen (secondary N) is 1.